The van der Waals surface area contributed by atoms with Gasteiger partial charge in [0, 0.05) is 5.56 Å². The predicted molar refractivity (Wildman–Crippen MR) is 103 cm³/mol. The summed E-state index contributed by atoms with van der Waals surface area (Å²) in [6.45, 7) is 12.7. The molecule has 130 valence electrons. The van der Waals surface area contributed by atoms with Gasteiger partial charge in [-0.05, 0) is 44.8 Å². The first-order valence-corrected chi connectivity index (χ1v) is 8.61. The highest BCUT2D eigenvalue weighted by molar-refractivity contribution is 6.62. The molecule has 2 aromatic carbocycles. The first-order chi connectivity index (χ1) is 11.8. The number of hydrogen-bond acceptors (Lipinski definition) is 3. The molecule has 0 unspecified atom stereocenters. The van der Waals surface area contributed by atoms with Gasteiger partial charge in [-0.25, -0.2) is 0 Å². The van der Waals surface area contributed by atoms with Crippen molar-refractivity contribution in [2.75, 3.05) is 0 Å². The second-order valence-electron chi connectivity index (χ2n) is 7.36. The molecule has 0 aliphatic carbocycles. The third-order valence-electron chi connectivity index (χ3n) is 5.02. The van der Waals surface area contributed by atoms with E-state index in [-0.39, 0.29) is 18.3 Å². The summed E-state index contributed by atoms with van der Waals surface area (Å²) in [7, 11) is -0.383. The Morgan fingerprint density at radius 2 is 1.64 bits per heavy atom. The van der Waals surface area contributed by atoms with Crippen molar-refractivity contribution in [1.82, 2.24) is 0 Å². The van der Waals surface area contributed by atoms with Crippen molar-refractivity contribution in [2.45, 2.75) is 45.5 Å². The summed E-state index contributed by atoms with van der Waals surface area (Å²) in [5, 5.41) is 0. The van der Waals surface area contributed by atoms with Crippen molar-refractivity contribution in [3.63, 3.8) is 0 Å². The molecule has 25 heavy (non-hydrogen) atoms. The van der Waals surface area contributed by atoms with Crippen LogP contribution in [0, 0.1) is 0 Å². The molecule has 0 bridgehead atoms. The molecule has 0 aromatic heterocycles. The van der Waals surface area contributed by atoms with Gasteiger partial charge in [0.2, 0.25) is 0 Å². The fourth-order valence-corrected chi connectivity index (χ4v) is 2.72. The first-order valence-electron chi connectivity index (χ1n) is 8.61. The van der Waals surface area contributed by atoms with Crippen LogP contribution in [-0.4, -0.2) is 18.3 Å². The quantitative estimate of drug-likeness (QED) is 0.766. The van der Waals surface area contributed by atoms with Crippen molar-refractivity contribution in [1.29, 1.82) is 0 Å². The Balaban J connectivity index is 1.77. The molecule has 1 heterocycles. The molecule has 1 fully saturated rings. The molecule has 0 amide bonds. The minimum absolute atomic E-state index is 0.353. The summed E-state index contributed by atoms with van der Waals surface area (Å²) in [5.74, 6) is 0.805. The van der Waals surface area contributed by atoms with E-state index >= 15 is 0 Å². The highest BCUT2D eigenvalue weighted by Gasteiger charge is 2.51. The fourth-order valence-electron chi connectivity index (χ4n) is 2.72. The highest BCUT2D eigenvalue weighted by Crippen LogP contribution is 2.36. The molecule has 1 saturated heterocycles. The van der Waals surface area contributed by atoms with Crippen LogP contribution in [0.5, 0.6) is 5.75 Å². The molecule has 1 aliphatic heterocycles. The lowest BCUT2D eigenvalue weighted by Crippen LogP contribution is -2.41. The summed E-state index contributed by atoms with van der Waals surface area (Å²) < 4.78 is 18.2. The third-order valence-corrected chi connectivity index (χ3v) is 5.02. The smallest absolute Gasteiger partial charge is 0.488 e. The Morgan fingerprint density at radius 1 is 1.00 bits per heavy atom. The van der Waals surface area contributed by atoms with E-state index in [2.05, 4.69) is 34.3 Å². The lowest BCUT2D eigenvalue weighted by atomic mass is 9.78. The molecule has 0 saturated carbocycles. The fraction of sp³-hybridized carbons (Fsp3) is 0.333. The van der Waals surface area contributed by atoms with Crippen molar-refractivity contribution in [3.05, 3.63) is 66.2 Å². The maximum atomic E-state index is 6.12. The number of rotatable bonds is 5. The van der Waals surface area contributed by atoms with Crippen LogP contribution < -0.4 is 10.2 Å². The first kappa shape index (κ1) is 17.8. The van der Waals surface area contributed by atoms with Gasteiger partial charge in [-0.3, -0.25) is 0 Å². The SMILES string of the molecule is C=Cc1cc(B2OC(C)(C)C(C)(C)O2)ccc1OCc1ccccc1. The van der Waals surface area contributed by atoms with E-state index in [1.54, 1.807) is 6.08 Å². The van der Waals surface area contributed by atoms with Crippen molar-refractivity contribution >= 4 is 18.7 Å². The molecule has 0 N–H and O–H groups in total. The van der Waals surface area contributed by atoms with Crippen LogP contribution in [0.1, 0.15) is 38.8 Å². The second kappa shape index (κ2) is 6.70. The minimum Gasteiger partial charge on any atom is -0.488 e. The zero-order chi connectivity index (χ0) is 18.1. The zero-order valence-corrected chi connectivity index (χ0v) is 15.4. The Labute approximate surface area is 150 Å². The topological polar surface area (TPSA) is 27.7 Å². The second-order valence-corrected chi connectivity index (χ2v) is 7.36. The molecule has 2 aromatic rings. The Morgan fingerprint density at radius 3 is 2.24 bits per heavy atom. The Hall–Kier alpha value is -2.04. The summed E-state index contributed by atoms with van der Waals surface area (Å²) >= 11 is 0. The van der Waals surface area contributed by atoms with E-state index in [1.807, 2.05) is 48.5 Å². The maximum absolute atomic E-state index is 6.12. The van der Waals surface area contributed by atoms with Gasteiger partial charge >= 0.3 is 7.12 Å². The van der Waals surface area contributed by atoms with E-state index in [0.717, 1.165) is 22.3 Å². The van der Waals surface area contributed by atoms with E-state index in [9.17, 15) is 0 Å². The lowest BCUT2D eigenvalue weighted by molar-refractivity contribution is 0.00578. The van der Waals surface area contributed by atoms with Crippen LogP contribution in [0.25, 0.3) is 6.08 Å². The molecule has 0 radical (unpaired) electrons. The van der Waals surface area contributed by atoms with Crippen LogP contribution in [0.2, 0.25) is 0 Å². The van der Waals surface area contributed by atoms with Gasteiger partial charge in [0.25, 0.3) is 0 Å². The number of ether oxygens (including phenoxy) is 1. The standard InChI is InChI=1S/C21H25BO3/c1-6-17-14-18(22-24-20(2,3)21(4,5)25-22)12-13-19(17)23-15-16-10-8-7-9-11-16/h6-14H,1,15H2,2-5H3. The van der Waals surface area contributed by atoms with Crippen molar-refractivity contribution in [2.24, 2.45) is 0 Å². The molecule has 3 rings (SSSR count). The Bertz CT molecular complexity index is 737. The van der Waals surface area contributed by atoms with E-state index in [1.165, 1.54) is 0 Å². The van der Waals surface area contributed by atoms with Gasteiger partial charge < -0.3 is 14.0 Å². The van der Waals surface area contributed by atoms with Gasteiger partial charge in [0.15, 0.2) is 0 Å². The van der Waals surface area contributed by atoms with Gasteiger partial charge in [0.05, 0.1) is 11.2 Å². The third kappa shape index (κ3) is 3.65. The molecular formula is C21H25BO3. The largest absolute Gasteiger partial charge is 0.494 e. The molecule has 4 heteroatoms. The van der Waals surface area contributed by atoms with Crippen LogP contribution in [0.3, 0.4) is 0 Å². The van der Waals surface area contributed by atoms with Gasteiger partial charge in [-0.2, -0.15) is 0 Å². The minimum atomic E-state index is -0.383. The van der Waals surface area contributed by atoms with E-state index in [0.29, 0.717) is 6.61 Å². The number of hydrogen-bond donors (Lipinski definition) is 0. The van der Waals surface area contributed by atoms with Crippen LogP contribution >= 0.6 is 0 Å². The summed E-state index contributed by atoms with van der Waals surface area (Å²) in [6.07, 6.45) is 1.80. The molecule has 0 atom stereocenters. The molecule has 3 nitrogen and oxygen atoms in total. The lowest BCUT2D eigenvalue weighted by Gasteiger charge is -2.32. The van der Waals surface area contributed by atoms with Crippen LogP contribution in [0.15, 0.2) is 55.1 Å². The highest BCUT2D eigenvalue weighted by atomic mass is 16.7. The maximum Gasteiger partial charge on any atom is 0.494 e. The van der Waals surface area contributed by atoms with Crippen LogP contribution in [0.4, 0.5) is 0 Å². The Kier molecular flexibility index (Phi) is 4.76. The van der Waals surface area contributed by atoms with E-state index in [4.69, 9.17) is 14.0 Å². The molecule has 1 aliphatic rings. The molecular weight excluding hydrogens is 311 g/mol. The predicted octanol–water partition coefficient (Wildman–Crippen LogP) is 4.21. The zero-order valence-electron chi connectivity index (χ0n) is 15.4. The van der Waals surface area contributed by atoms with Crippen LogP contribution in [-0.2, 0) is 15.9 Å². The average molecular weight is 336 g/mol. The van der Waals surface area contributed by atoms with Gasteiger partial charge in [0.1, 0.15) is 12.4 Å². The van der Waals surface area contributed by atoms with Crippen molar-refractivity contribution in [3.8, 4) is 5.75 Å². The summed E-state index contributed by atoms with van der Waals surface area (Å²) in [6, 6.07) is 16.1. The molecule has 0 spiro atoms. The average Bonchev–Trinajstić information content (AvgIpc) is 2.81. The summed E-state index contributed by atoms with van der Waals surface area (Å²) in [4.78, 5) is 0. The van der Waals surface area contributed by atoms with Gasteiger partial charge in [-0.1, -0.05) is 55.1 Å². The summed E-state index contributed by atoms with van der Waals surface area (Å²) in [5.41, 5.74) is 2.33. The van der Waals surface area contributed by atoms with E-state index < -0.39 is 0 Å². The number of benzene rings is 2. The normalized spacial score (nSPS) is 18.2. The van der Waals surface area contributed by atoms with Crippen molar-refractivity contribution < 1.29 is 14.0 Å². The monoisotopic (exact) mass is 336 g/mol. The van der Waals surface area contributed by atoms with Gasteiger partial charge in [-0.15, -0.1) is 0 Å².